The number of nitrogens with two attached hydrogens (primary N) is 1. The fourth-order valence-electron chi connectivity index (χ4n) is 1.73. The molecular weight excluding hydrogens is 229 g/mol. The van der Waals surface area contributed by atoms with Crippen LogP contribution in [0.4, 0.5) is 4.39 Å². The SMILES string of the molecule is NCC(C(=O)O)c1ccc2c(c1F)OCCO2. The first-order valence-corrected chi connectivity index (χ1v) is 5.16. The summed E-state index contributed by atoms with van der Waals surface area (Å²) in [7, 11) is 0. The van der Waals surface area contributed by atoms with Crippen LogP contribution in [0.3, 0.4) is 0 Å². The van der Waals surface area contributed by atoms with Crippen molar-refractivity contribution in [3.8, 4) is 11.5 Å². The summed E-state index contributed by atoms with van der Waals surface area (Å²) in [6.45, 7) is 0.421. The number of hydrogen-bond acceptors (Lipinski definition) is 4. The van der Waals surface area contributed by atoms with E-state index in [2.05, 4.69) is 0 Å². The van der Waals surface area contributed by atoms with Gasteiger partial charge in [0.1, 0.15) is 13.2 Å². The lowest BCUT2D eigenvalue weighted by molar-refractivity contribution is -0.138. The standard InChI is InChI=1S/C11H12FNO4/c12-9-6(7(5-13)11(14)15)1-2-8-10(9)17-4-3-16-8/h1-2,7H,3-5,13H2,(H,14,15). The van der Waals surface area contributed by atoms with Gasteiger partial charge in [0.2, 0.25) is 0 Å². The summed E-state index contributed by atoms with van der Waals surface area (Å²) >= 11 is 0. The van der Waals surface area contributed by atoms with Gasteiger partial charge in [-0.05, 0) is 6.07 Å². The number of halogens is 1. The summed E-state index contributed by atoms with van der Waals surface area (Å²) < 4.78 is 24.4. The minimum atomic E-state index is -1.16. The Morgan fingerprint density at radius 2 is 2.18 bits per heavy atom. The van der Waals surface area contributed by atoms with E-state index in [1.54, 1.807) is 0 Å². The molecule has 0 fully saturated rings. The lowest BCUT2D eigenvalue weighted by Crippen LogP contribution is -2.23. The average molecular weight is 241 g/mol. The van der Waals surface area contributed by atoms with Crippen molar-refractivity contribution in [1.29, 1.82) is 0 Å². The van der Waals surface area contributed by atoms with Crippen LogP contribution in [0.5, 0.6) is 11.5 Å². The monoisotopic (exact) mass is 241 g/mol. The van der Waals surface area contributed by atoms with Gasteiger partial charge in [-0.1, -0.05) is 6.07 Å². The molecule has 0 amide bonds. The topological polar surface area (TPSA) is 81.8 Å². The summed E-state index contributed by atoms with van der Waals surface area (Å²) in [5.41, 5.74) is 5.35. The molecule has 1 aromatic rings. The lowest BCUT2D eigenvalue weighted by Gasteiger charge is -2.21. The average Bonchev–Trinajstić information content (AvgIpc) is 2.33. The van der Waals surface area contributed by atoms with Crippen LogP contribution >= 0.6 is 0 Å². The molecular formula is C11H12FNO4. The van der Waals surface area contributed by atoms with Gasteiger partial charge in [-0.2, -0.15) is 0 Å². The number of ether oxygens (including phenoxy) is 2. The second kappa shape index (κ2) is 4.58. The van der Waals surface area contributed by atoms with Crippen LogP contribution in [-0.4, -0.2) is 30.8 Å². The molecule has 1 aliphatic heterocycles. The van der Waals surface area contributed by atoms with Gasteiger partial charge in [-0.15, -0.1) is 0 Å². The molecule has 5 nitrogen and oxygen atoms in total. The summed E-state index contributed by atoms with van der Waals surface area (Å²) in [6, 6.07) is 2.87. The van der Waals surface area contributed by atoms with E-state index in [1.807, 2.05) is 0 Å². The van der Waals surface area contributed by atoms with E-state index in [-0.39, 0.29) is 24.5 Å². The Hall–Kier alpha value is -1.82. The molecule has 1 aromatic carbocycles. The molecule has 2 rings (SSSR count). The third kappa shape index (κ3) is 2.03. The molecule has 0 aromatic heterocycles. The van der Waals surface area contributed by atoms with Crippen molar-refractivity contribution in [3.05, 3.63) is 23.5 Å². The normalized spacial score (nSPS) is 15.4. The Morgan fingerprint density at radius 3 is 2.82 bits per heavy atom. The second-order valence-corrected chi connectivity index (χ2v) is 3.62. The van der Waals surface area contributed by atoms with Gasteiger partial charge in [0, 0.05) is 12.1 Å². The van der Waals surface area contributed by atoms with Crippen LogP contribution in [-0.2, 0) is 4.79 Å². The van der Waals surface area contributed by atoms with Gasteiger partial charge in [-0.3, -0.25) is 4.79 Å². The molecule has 0 radical (unpaired) electrons. The predicted octanol–water partition coefficient (Wildman–Crippen LogP) is 0.724. The summed E-state index contributed by atoms with van der Waals surface area (Å²) in [5, 5.41) is 8.94. The Bertz CT molecular complexity index is 449. The highest BCUT2D eigenvalue weighted by Crippen LogP contribution is 2.36. The number of benzene rings is 1. The van der Waals surface area contributed by atoms with Crippen molar-refractivity contribution in [2.24, 2.45) is 5.73 Å². The zero-order chi connectivity index (χ0) is 12.4. The van der Waals surface area contributed by atoms with Crippen LogP contribution in [0.2, 0.25) is 0 Å². The van der Waals surface area contributed by atoms with Crippen molar-refractivity contribution in [2.45, 2.75) is 5.92 Å². The van der Waals surface area contributed by atoms with Crippen LogP contribution < -0.4 is 15.2 Å². The number of carbonyl (C=O) groups is 1. The summed E-state index contributed by atoms with van der Waals surface area (Å²) in [6.07, 6.45) is 0. The number of rotatable bonds is 3. The smallest absolute Gasteiger partial charge is 0.312 e. The summed E-state index contributed by atoms with van der Waals surface area (Å²) in [4.78, 5) is 10.9. The first kappa shape index (κ1) is 11.7. The zero-order valence-corrected chi connectivity index (χ0v) is 8.98. The molecule has 17 heavy (non-hydrogen) atoms. The Morgan fingerprint density at radius 1 is 1.47 bits per heavy atom. The van der Waals surface area contributed by atoms with Crippen molar-refractivity contribution in [2.75, 3.05) is 19.8 Å². The molecule has 0 aliphatic carbocycles. The van der Waals surface area contributed by atoms with Gasteiger partial charge in [-0.25, -0.2) is 4.39 Å². The van der Waals surface area contributed by atoms with E-state index < -0.39 is 17.7 Å². The van der Waals surface area contributed by atoms with E-state index in [1.165, 1.54) is 12.1 Å². The van der Waals surface area contributed by atoms with E-state index in [4.69, 9.17) is 20.3 Å². The lowest BCUT2D eigenvalue weighted by atomic mass is 9.98. The van der Waals surface area contributed by atoms with Gasteiger partial charge in [0.25, 0.3) is 0 Å². The highest BCUT2D eigenvalue weighted by molar-refractivity contribution is 5.77. The quantitative estimate of drug-likeness (QED) is 0.815. The highest BCUT2D eigenvalue weighted by atomic mass is 19.1. The molecule has 0 bridgehead atoms. The molecule has 3 N–H and O–H groups in total. The zero-order valence-electron chi connectivity index (χ0n) is 8.98. The number of carboxylic acids is 1. The minimum Gasteiger partial charge on any atom is -0.486 e. The molecule has 0 saturated heterocycles. The summed E-state index contributed by atoms with van der Waals surface area (Å²) in [5.74, 6) is -2.69. The van der Waals surface area contributed by atoms with Crippen LogP contribution in [0.1, 0.15) is 11.5 Å². The Balaban J connectivity index is 2.45. The van der Waals surface area contributed by atoms with Crippen molar-refractivity contribution in [3.63, 3.8) is 0 Å². The van der Waals surface area contributed by atoms with Crippen LogP contribution in [0, 0.1) is 5.82 Å². The predicted molar refractivity (Wildman–Crippen MR) is 56.8 cm³/mol. The largest absolute Gasteiger partial charge is 0.486 e. The molecule has 0 saturated carbocycles. The van der Waals surface area contributed by atoms with Crippen molar-refractivity contribution >= 4 is 5.97 Å². The van der Waals surface area contributed by atoms with E-state index in [0.717, 1.165) is 0 Å². The first-order chi connectivity index (χ1) is 8.15. The highest BCUT2D eigenvalue weighted by Gasteiger charge is 2.27. The Labute approximate surface area is 96.9 Å². The maximum atomic E-state index is 14.0. The van der Waals surface area contributed by atoms with Crippen molar-refractivity contribution in [1.82, 2.24) is 0 Å². The number of aliphatic carboxylic acids is 1. The maximum Gasteiger partial charge on any atom is 0.312 e. The molecule has 92 valence electrons. The maximum absolute atomic E-state index is 14.0. The first-order valence-electron chi connectivity index (χ1n) is 5.16. The molecule has 1 heterocycles. The number of fused-ring (bicyclic) bond motifs is 1. The van der Waals surface area contributed by atoms with Crippen molar-refractivity contribution < 1.29 is 23.8 Å². The Kier molecular flexibility index (Phi) is 3.14. The van der Waals surface area contributed by atoms with Crippen LogP contribution in [0.25, 0.3) is 0 Å². The molecule has 6 heteroatoms. The van der Waals surface area contributed by atoms with Gasteiger partial charge >= 0.3 is 5.97 Å². The fourth-order valence-corrected chi connectivity index (χ4v) is 1.73. The van der Waals surface area contributed by atoms with Gasteiger partial charge < -0.3 is 20.3 Å². The number of carboxylic acid groups (broad SMARTS) is 1. The molecule has 1 aliphatic rings. The van der Waals surface area contributed by atoms with E-state index >= 15 is 0 Å². The second-order valence-electron chi connectivity index (χ2n) is 3.62. The third-order valence-electron chi connectivity index (χ3n) is 2.59. The molecule has 1 unspecified atom stereocenters. The molecule has 1 atom stereocenters. The van der Waals surface area contributed by atoms with Crippen LogP contribution in [0.15, 0.2) is 12.1 Å². The van der Waals surface area contributed by atoms with E-state index in [9.17, 15) is 9.18 Å². The third-order valence-corrected chi connectivity index (χ3v) is 2.59. The minimum absolute atomic E-state index is 0.0178. The van der Waals surface area contributed by atoms with E-state index in [0.29, 0.717) is 12.4 Å². The number of hydrogen-bond donors (Lipinski definition) is 2. The van der Waals surface area contributed by atoms with Gasteiger partial charge in [0.05, 0.1) is 5.92 Å². The fraction of sp³-hybridized carbons (Fsp3) is 0.364. The molecule has 0 spiro atoms. The van der Waals surface area contributed by atoms with Gasteiger partial charge in [0.15, 0.2) is 17.3 Å².